The summed E-state index contributed by atoms with van der Waals surface area (Å²) in [5.74, 6) is -6.68. The lowest BCUT2D eigenvalue weighted by Gasteiger charge is -2.19. The van der Waals surface area contributed by atoms with Gasteiger partial charge >= 0.3 is 24.1 Å². The molecule has 0 aliphatic heterocycles. The standard InChI is InChI=1S/C22H32N4O7S.C2HF3O2/c1-22(2,3)14-6-4-13(5-7-14)19(30)25-12-34-11-16(20(31)24-10-18(28)29)26-17(27)9-8-15(23)21(32)33;3-2(4,5)1(6)7/h4-7,15-16H,8-12,23H2,1-3H3,(H,24,31)(H,25,30)(H,26,27)(H,28,29)(H,32,33);(H,6,7). The van der Waals surface area contributed by atoms with Gasteiger partial charge in [0.2, 0.25) is 11.8 Å². The highest BCUT2D eigenvalue weighted by Crippen LogP contribution is 2.22. The Hall–Kier alpha value is -3.86. The molecule has 0 saturated carbocycles. The molecule has 230 valence electrons. The summed E-state index contributed by atoms with van der Waals surface area (Å²) < 4.78 is 31.7. The van der Waals surface area contributed by atoms with Gasteiger partial charge in [-0.1, -0.05) is 32.9 Å². The molecule has 0 aliphatic carbocycles. The fraction of sp³-hybridized carbons (Fsp3) is 0.500. The largest absolute Gasteiger partial charge is 0.490 e. The minimum absolute atomic E-state index is 0.0375. The molecule has 17 heteroatoms. The van der Waals surface area contributed by atoms with Crippen LogP contribution in [0.3, 0.4) is 0 Å². The molecule has 41 heavy (non-hydrogen) atoms. The number of amides is 3. The summed E-state index contributed by atoms with van der Waals surface area (Å²) in [5, 5.41) is 32.0. The van der Waals surface area contributed by atoms with Gasteiger partial charge in [-0.2, -0.15) is 13.2 Å². The van der Waals surface area contributed by atoms with Crippen molar-refractivity contribution in [3.63, 3.8) is 0 Å². The third-order valence-corrected chi connectivity index (χ3v) is 5.86. The zero-order chi connectivity index (χ0) is 32.0. The molecule has 1 aromatic rings. The second kappa shape index (κ2) is 17.1. The number of hydrogen-bond acceptors (Lipinski definition) is 8. The van der Waals surface area contributed by atoms with Crippen molar-refractivity contribution in [2.24, 2.45) is 5.73 Å². The Bertz CT molecular complexity index is 1080. The van der Waals surface area contributed by atoms with E-state index < -0.39 is 54.5 Å². The van der Waals surface area contributed by atoms with E-state index in [0.717, 1.165) is 17.3 Å². The lowest BCUT2D eigenvalue weighted by Crippen LogP contribution is -2.49. The first-order valence-electron chi connectivity index (χ1n) is 11.8. The number of alkyl halides is 3. The molecule has 0 aromatic heterocycles. The summed E-state index contributed by atoms with van der Waals surface area (Å²) in [6.07, 6.45) is -5.43. The van der Waals surface area contributed by atoms with E-state index in [4.69, 9.17) is 25.8 Å². The minimum Gasteiger partial charge on any atom is -0.480 e. The van der Waals surface area contributed by atoms with Crippen molar-refractivity contribution in [3.8, 4) is 0 Å². The van der Waals surface area contributed by atoms with E-state index in [2.05, 4.69) is 36.7 Å². The number of nitrogens with one attached hydrogen (secondary N) is 3. The molecule has 0 saturated heterocycles. The average Bonchev–Trinajstić information content (AvgIpc) is 2.86. The second-order valence-electron chi connectivity index (χ2n) is 9.37. The van der Waals surface area contributed by atoms with E-state index in [1.807, 2.05) is 12.1 Å². The van der Waals surface area contributed by atoms with Crippen molar-refractivity contribution < 1.29 is 57.3 Å². The molecule has 3 amide bonds. The van der Waals surface area contributed by atoms with Gasteiger partial charge < -0.3 is 37.0 Å². The summed E-state index contributed by atoms with van der Waals surface area (Å²) in [7, 11) is 0. The van der Waals surface area contributed by atoms with E-state index in [1.165, 1.54) is 0 Å². The first-order chi connectivity index (χ1) is 18.7. The van der Waals surface area contributed by atoms with Crippen LogP contribution >= 0.6 is 11.8 Å². The molecule has 2 unspecified atom stereocenters. The van der Waals surface area contributed by atoms with Crippen LogP contribution in [0.5, 0.6) is 0 Å². The third-order valence-electron chi connectivity index (χ3n) is 4.94. The van der Waals surface area contributed by atoms with Crippen LogP contribution in [0.4, 0.5) is 13.2 Å². The van der Waals surface area contributed by atoms with E-state index in [0.29, 0.717) is 5.56 Å². The summed E-state index contributed by atoms with van der Waals surface area (Å²) in [6.45, 7) is 5.59. The number of halogens is 3. The summed E-state index contributed by atoms with van der Waals surface area (Å²) in [4.78, 5) is 67.1. The number of carboxylic acids is 3. The predicted molar refractivity (Wildman–Crippen MR) is 141 cm³/mol. The van der Waals surface area contributed by atoms with Crippen molar-refractivity contribution in [2.45, 2.75) is 57.3 Å². The number of hydrogen-bond donors (Lipinski definition) is 7. The number of carbonyl (C=O) groups is 6. The van der Waals surface area contributed by atoms with Gasteiger partial charge in [-0.15, -0.1) is 11.8 Å². The van der Waals surface area contributed by atoms with Crippen LogP contribution in [-0.2, 0) is 29.4 Å². The number of thioether (sulfide) groups is 1. The molecular weight excluding hydrogens is 577 g/mol. The van der Waals surface area contributed by atoms with Crippen LogP contribution in [0.25, 0.3) is 0 Å². The highest BCUT2D eigenvalue weighted by molar-refractivity contribution is 7.99. The number of nitrogens with two attached hydrogens (primary N) is 1. The first-order valence-corrected chi connectivity index (χ1v) is 12.9. The minimum atomic E-state index is -5.08. The number of rotatable bonds is 13. The zero-order valence-corrected chi connectivity index (χ0v) is 23.2. The van der Waals surface area contributed by atoms with Crippen LogP contribution < -0.4 is 21.7 Å². The molecule has 0 bridgehead atoms. The molecule has 2 atom stereocenters. The zero-order valence-electron chi connectivity index (χ0n) is 22.4. The molecule has 1 rings (SSSR count). The SMILES string of the molecule is CC(C)(C)c1ccc(C(=O)NCSCC(NC(=O)CCC(N)C(=O)O)C(=O)NCC(=O)O)cc1.O=C(O)C(F)(F)F. The van der Waals surface area contributed by atoms with Gasteiger partial charge in [0.1, 0.15) is 18.6 Å². The van der Waals surface area contributed by atoms with E-state index >= 15 is 0 Å². The van der Waals surface area contributed by atoms with Crippen LogP contribution in [-0.4, -0.2) is 87.4 Å². The molecule has 0 heterocycles. The number of carbonyl (C=O) groups excluding carboxylic acids is 3. The Morgan fingerprint density at radius 1 is 0.951 bits per heavy atom. The molecule has 0 fully saturated rings. The van der Waals surface area contributed by atoms with Gasteiger partial charge in [0.15, 0.2) is 0 Å². The van der Waals surface area contributed by atoms with E-state index in [1.54, 1.807) is 12.1 Å². The highest BCUT2D eigenvalue weighted by atomic mass is 32.2. The fourth-order valence-corrected chi connectivity index (χ4v) is 3.48. The van der Waals surface area contributed by atoms with Crippen LogP contribution in [0, 0.1) is 0 Å². The average molecular weight is 611 g/mol. The topological polar surface area (TPSA) is 225 Å². The number of benzene rings is 1. The molecule has 8 N–H and O–H groups in total. The monoisotopic (exact) mass is 610 g/mol. The van der Waals surface area contributed by atoms with Gasteiger partial charge in [0.05, 0.1) is 5.88 Å². The molecule has 13 nitrogen and oxygen atoms in total. The smallest absolute Gasteiger partial charge is 0.480 e. The van der Waals surface area contributed by atoms with Gasteiger partial charge in [-0.3, -0.25) is 24.0 Å². The lowest BCUT2D eigenvalue weighted by molar-refractivity contribution is -0.192. The Morgan fingerprint density at radius 2 is 1.49 bits per heavy atom. The number of carboxylic acid groups (broad SMARTS) is 3. The summed E-state index contributed by atoms with van der Waals surface area (Å²) in [5.41, 5.74) is 6.90. The maximum Gasteiger partial charge on any atom is 0.490 e. The quantitative estimate of drug-likeness (QED) is 0.123. The van der Waals surface area contributed by atoms with Crippen molar-refractivity contribution in [3.05, 3.63) is 35.4 Å². The van der Waals surface area contributed by atoms with Crippen LogP contribution in [0.1, 0.15) is 49.5 Å². The highest BCUT2D eigenvalue weighted by Gasteiger charge is 2.38. The predicted octanol–water partition coefficient (Wildman–Crippen LogP) is 0.916. The molecular formula is C24H33F3N4O9S. The molecule has 1 aromatic carbocycles. The molecule has 0 spiro atoms. The van der Waals surface area contributed by atoms with Gasteiger partial charge in [-0.05, 0) is 29.5 Å². The number of aliphatic carboxylic acids is 3. The Balaban J connectivity index is 0.00000201. The second-order valence-corrected chi connectivity index (χ2v) is 10.4. The van der Waals surface area contributed by atoms with E-state index in [9.17, 15) is 37.1 Å². The molecule has 0 aliphatic rings. The van der Waals surface area contributed by atoms with Crippen molar-refractivity contribution in [1.82, 2.24) is 16.0 Å². The van der Waals surface area contributed by atoms with E-state index in [-0.39, 0.29) is 35.8 Å². The van der Waals surface area contributed by atoms with Crippen molar-refractivity contribution >= 4 is 47.4 Å². The lowest BCUT2D eigenvalue weighted by atomic mass is 9.87. The maximum atomic E-state index is 12.3. The van der Waals surface area contributed by atoms with Gasteiger partial charge in [-0.25, -0.2) is 4.79 Å². The van der Waals surface area contributed by atoms with Crippen molar-refractivity contribution in [2.75, 3.05) is 18.2 Å². The fourth-order valence-electron chi connectivity index (χ4n) is 2.66. The maximum absolute atomic E-state index is 12.3. The summed E-state index contributed by atoms with van der Waals surface area (Å²) in [6, 6.07) is 4.93. The normalized spacial score (nSPS) is 12.6. The third kappa shape index (κ3) is 16.1. The van der Waals surface area contributed by atoms with Crippen molar-refractivity contribution in [1.29, 1.82) is 0 Å². The van der Waals surface area contributed by atoms with Crippen LogP contribution in [0.15, 0.2) is 24.3 Å². The first kappa shape index (κ1) is 37.1. The molecule has 0 radical (unpaired) electrons. The Labute approximate surface area is 237 Å². The Kier molecular flexibility index (Phi) is 15.5. The van der Waals surface area contributed by atoms with Gasteiger partial charge in [0, 0.05) is 17.7 Å². The Morgan fingerprint density at radius 3 is 1.93 bits per heavy atom. The van der Waals surface area contributed by atoms with Crippen LogP contribution in [0.2, 0.25) is 0 Å². The van der Waals surface area contributed by atoms with Gasteiger partial charge in [0.25, 0.3) is 5.91 Å². The summed E-state index contributed by atoms with van der Waals surface area (Å²) >= 11 is 1.15.